The molecule has 0 bridgehead atoms. The van der Waals surface area contributed by atoms with E-state index >= 15 is 0 Å². The van der Waals surface area contributed by atoms with Crippen LogP contribution in [0.25, 0.3) is 10.6 Å². The molecule has 0 aliphatic heterocycles. The molecular formula is C12H14ClN3S. The number of halogens is 1. The fraction of sp³-hybridized carbons (Fsp3) is 0.333. The molecule has 0 aliphatic carbocycles. The summed E-state index contributed by atoms with van der Waals surface area (Å²) < 4.78 is 0. The van der Waals surface area contributed by atoms with Gasteiger partial charge < -0.3 is 5.32 Å². The van der Waals surface area contributed by atoms with Crippen molar-refractivity contribution in [1.82, 2.24) is 9.97 Å². The summed E-state index contributed by atoms with van der Waals surface area (Å²) in [5.74, 6) is 0.673. The number of hydrogen-bond donors (Lipinski definition) is 1. The lowest BCUT2D eigenvalue weighted by Gasteiger charge is -2.06. The summed E-state index contributed by atoms with van der Waals surface area (Å²) in [5.41, 5.74) is 1.83. The van der Waals surface area contributed by atoms with Gasteiger partial charge in [0.25, 0.3) is 0 Å². The van der Waals surface area contributed by atoms with Crippen LogP contribution in [-0.2, 0) is 0 Å². The highest BCUT2D eigenvalue weighted by atomic mass is 35.5. The topological polar surface area (TPSA) is 37.8 Å². The highest BCUT2D eigenvalue weighted by Gasteiger charge is 2.09. The number of hydrogen-bond acceptors (Lipinski definition) is 4. The monoisotopic (exact) mass is 267 g/mol. The Morgan fingerprint density at radius 1 is 1.41 bits per heavy atom. The van der Waals surface area contributed by atoms with E-state index in [1.807, 2.05) is 24.4 Å². The second-order valence-electron chi connectivity index (χ2n) is 3.74. The molecule has 0 spiro atoms. The number of nitrogens with one attached hydrogen (secondary N) is 1. The normalized spacial score (nSPS) is 10.5. The molecule has 90 valence electrons. The van der Waals surface area contributed by atoms with Gasteiger partial charge in [0.15, 0.2) is 0 Å². The lowest BCUT2D eigenvalue weighted by atomic mass is 10.3. The SMILES string of the molecule is CCCNc1nc(C)cc(-c2sccc2Cl)n1. The Bertz CT molecular complexity index is 510. The fourth-order valence-electron chi connectivity index (χ4n) is 1.48. The maximum atomic E-state index is 6.11. The number of rotatable bonds is 4. The molecule has 2 aromatic rings. The summed E-state index contributed by atoms with van der Waals surface area (Å²) in [4.78, 5) is 9.83. The average molecular weight is 268 g/mol. The molecule has 0 aliphatic rings. The van der Waals surface area contributed by atoms with E-state index in [1.165, 1.54) is 0 Å². The molecule has 0 unspecified atom stereocenters. The van der Waals surface area contributed by atoms with E-state index in [0.717, 1.165) is 34.3 Å². The Hall–Kier alpha value is -1.13. The van der Waals surface area contributed by atoms with Gasteiger partial charge in [0.2, 0.25) is 5.95 Å². The van der Waals surface area contributed by atoms with Gasteiger partial charge >= 0.3 is 0 Å². The maximum absolute atomic E-state index is 6.11. The summed E-state index contributed by atoms with van der Waals surface area (Å²) in [7, 11) is 0. The zero-order valence-electron chi connectivity index (χ0n) is 9.83. The van der Waals surface area contributed by atoms with Crippen LogP contribution in [0.5, 0.6) is 0 Å². The molecule has 17 heavy (non-hydrogen) atoms. The van der Waals surface area contributed by atoms with Crippen LogP contribution in [0.4, 0.5) is 5.95 Å². The smallest absolute Gasteiger partial charge is 0.223 e. The van der Waals surface area contributed by atoms with Gasteiger partial charge in [-0.1, -0.05) is 18.5 Å². The van der Waals surface area contributed by atoms with Gasteiger partial charge in [-0.2, -0.15) is 0 Å². The molecule has 1 N–H and O–H groups in total. The minimum absolute atomic E-state index is 0.673. The zero-order chi connectivity index (χ0) is 12.3. The maximum Gasteiger partial charge on any atom is 0.223 e. The summed E-state index contributed by atoms with van der Waals surface area (Å²) in [5, 5.41) is 5.91. The van der Waals surface area contributed by atoms with Gasteiger partial charge in [0.1, 0.15) is 0 Å². The number of anilines is 1. The first-order valence-corrected chi connectivity index (χ1v) is 6.79. The molecular weight excluding hydrogens is 254 g/mol. The predicted octanol–water partition coefficient (Wildman–Crippen LogP) is 3.99. The Kier molecular flexibility index (Phi) is 3.97. The highest BCUT2D eigenvalue weighted by Crippen LogP contribution is 2.32. The van der Waals surface area contributed by atoms with E-state index in [9.17, 15) is 0 Å². The third-order valence-corrected chi connectivity index (χ3v) is 3.60. The van der Waals surface area contributed by atoms with E-state index in [2.05, 4.69) is 22.2 Å². The summed E-state index contributed by atoms with van der Waals surface area (Å²) in [6.45, 7) is 4.95. The molecule has 2 rings (SSSR count). The second-order valence-corrected chi connectivity index (χ2v) is 5.07. The molecule has 0 atom stereocenters. The number of aryl methyl sites for hydroxylation is 1. The third kappa shape index (κ3) is 2.96. The molecule has 0 aromatic carbocycles. The van der Waals surface area contributed by atoms with Crippen molar-refractivity contribution in [2.24, 2.45) is 0 Å². The summed E-state index contributed by atoms with van der Waals surface area (Å²) >= 11 is 7.71. The van der Waals surface area contributed by atoms with Crippen molar-refractivity contribution in [2.45, 2.75) is 20.3 Å². The van der Waals surface area contributed by atoms with Gasteiger partial charge in [0.05, 0.1) is 15.6 Å². The lowest BCUT2D eigenvalue weighted by Crippen LogP contribution is -2.05. The van der Waals surface area contributed by atoms with Gasteiger partial charge in [0, 0.05) is 12.2 Å². The van der Waals surface area contributed by atoms with E-state index in [1.54, 1.807) is 11.3 Å². The van der Waals surface area contributed by atoms with Gasteiger partial charge in [-0.05, 0) is 30.9 Å². The molecule has 5 heteroatoms. The lowest BCUT2D eigenvalue weighted by molar-refractivity contribution is 0.947. The van der Waals surface area contributed by atoms with Crippen molar-refractivity contribution in [3.05, 3.63) is 28.2 Å². The molecule has 0 radical (unpaired) electrons. The first kappa shape index (κ1) is 12.3. The van der Waals surface area contributed by atoms with Gasteiger partial charge in [-0.25, -0.2) is 9.97 Å². The first-order chi connectivity index (χ1) is 8.20. The molecule has 2 heterocycles. The van der Waals surface area contributed by atoms with E-state index in [0.29, 0.717) is 5.95 Å². The van der Waals surface area contributed by atoms with E-state index < -0.39 is 0 Å². The standard InChI is InChI=1S/C12H14ClN3S/c1-3-5-14-12-15-8(2)7-10(16-12)11-9(13)4-6-17-11/h4,6-7H,3,5H2,1-2H3,(H,14,15,16). The third-order valence-electron chi connectivity index (χ3n) is 2.24. The highest BCUT2D eigenvalue weighted by molar-refractivity contribution is 7.14. The number of thiophene rings is 1. The minimum atomic E-state index is 0.673. The molecule has 0 fully saturated rings. The summed E-state index contributed by atoms with van der Waals surface area (Å²) in [6.07, 6.45) is 1.05. The Morgan fingerprint density at radius 3 is 2.88 bits per heavy atom. The van der Waals surface area contributed by atoms with Gasteiger partial charge in [-0.15, -0.1) is 11.3 Å². The van der Waals surface area contributed by atoms with Crippen LogP contribution in [0.15, 0.2) is 17.5 Å². The molecule has 2 aromatic heterocycles. The average Bonchev–Trinajstić information content (AvgIpc) is 2.72. The van der Waals surface area contributed by atoms with Crippen LogP contribution in [0.1, 0.15) is 19.0 Å². The molecule has 3 nitrogen and oxygen atoms in total. The van der Waals surface area contributed by atoms with Crippen LogP contribution >= 0.6 is 22.9 Å². The van der Waals surface area contributed by atoms with Crippen molar-refractivity contribution >= 4 is 28.9 Å². The zero-order valence-corrected chi connectivity index (χ0v) is 11.4. The number of aromatic nitrogens is 2. The van der Waals surface area contributed by atoms with E-state index in [4.69, 9.17) is 11.6 Å². The fourth-order valence-corrected chi connectivity index (χ4v) is 2.59. The van der Waals surface area contributed by atoms with Crippen LogP contribution in [0.2, 0.25) is 5.02 Å². The predicted molar refractivity (Wildman–Crippen MR) is 73.9 cm³/mol. The Labute approximate surface area is 110 Å². The van der Waals surface area contributed by atoms with Crippen LogP contribution in [0.3, 0.4) is 0 Å². The van der Waals surface area contributed by atoms with Crippen LogP contribution in [0, 0.1) is 6.92 Å². The van der Waals surface area contributed by atoms with Crippen molar-refractivity contribution in [2.75, 3.05) is 11.9 Å². The van der Waals surface area contributed by atoms with Crippen LogP contribution < -0.4 is 5.32 Å². The van der Waals surface area contributed by atoms with Crippen LogP contribution in [-0.4, -0.2) is 16.5 Å². The first-order valence-electron chi connectivity index (χ1n) is 5.53. The van der Waals surface area contributed by atoms with Crippen molar-refractivity contribution in [1.29, 1.82) is 0 Å². The second kappa shape index (κ2) is 5.47. The molecule has 0 saturated carbocycles. The Morgan fingerprint density at radius 2 is 2.24 bits per heavy atom. The Balaban J connectivity index is 2.35. The van der Waals surface area contributed by atoms with Crippen molar-refractivity contribution < 1.29 is 0 Å². The molecule has 0 amide bonds. The minimum Gasteiger partial charge on any atom is -0.354 e. The number of nitrogens with zero attached hydrogens (tertiary/aromatic N) is 2. The van der Waals surface area contributed by atoms with E-state index in [-0.39, 0.29) is 0 Å². The van der Waals surface area contributed by atoms with Gasteiger partial charge in [-0.3, -0.25) is 0 Å². The summed E-state index contributed by atoms with van der Waals surface area (Å²) in [6, 6.07) is 3.84. The largest absolute Gasteiger partial charge is 0.354 e. The molecule has 0 saturated heterocycles. The quantitative estimate of drug-likeness (QED) is 0.910. The van der Waals surface area contributed by atoms with Crippen molar-refractivity contribution in [3.63, 3.8) is 0 Å². The van der Waals surface area contributed by atoms with Crippen molar-refractivity contribution in [3.8, 4) is 10.6 Å².